The van der Waals surface area contributed by atoms with E-state index in [9.17, 15) is 13.9 Å². The molecule has 154 valence electrons. The predicted molar refractivity (Wildman–Crippen MR) is 101 cm³/mol. The fourth-order valence-electron chi connectivity index (χ4n) is 2.63. The molecule has 0 aliphatic heterocycles. The summed E-state index contributed by atoms with van der Waals surface area (Å²) >= 11 is 0. The van der Waals surface area contributed by atoms with Gasteiger partial charge in [0.15, 0.2) is 11.6 Å². The van der Waals surface area contributed by atoms with E-state index in [0.717, 1.165) is 0 Å². The predicted octanol–water partition coefficient (Wildman–Crippen LogP) is 2.97. The van der Waals surface area contributed by atoms with Crippen LogP contribution in [0.4, 0.5) is 20.3 Å². The van der Waals surface area contributed by atoms with Crippen LogP contribution in [0.1, 0.15) is 18.1 Å². The zero-order valence-electron chi connectivity index (χ0n) is 16.2. The molecule has 0 radical (unpaired) electrons. The van der Waals surface area contributed by atoms with Gasteiger partial charge >= 0.3 is 0 Å². The molecule has 0 fully saturated rings. The number of nitrogens with zero attached hydrogens (tertiary/aromatic N) is 4. The van der Waals surface area contributed by atoms with Crippen molar-refractivity contribution in [3.63, 3.8) is 0 Å². The summed E-state index contributed by atoms with van der Waals surface area (Å²) in [5.41, 5.74) is 0.685. The number of aryl methyl sites for hydroxylation is 1. The Morgan fingerprint density at radius 2 is 2.00 bits per heavy atom. The van der Waals surface area contributed by atoms with Crippen LogP contribution in [0.3, 0.4) is 0 Å². The summed E-state index contributed by atoms with van der Waals surface area (Å²) in [6, 6.07) is 1.29. The fourth-order valence-corrected chi connectivity index (χ4v) is 2.63. The lowest BCUT2D eigenvalue weighted by atomic mass is 10.1. The second kappa shape index (κ2) is 8.82. The van der Waals surface area contributed by atoms with Gasteiger partial charge in [0.1, 0.15) is 18.2 Å². The molecule has 2 aromatic heterocycles. The number of methoxy groups -OCH3 is 1. The first-order chi connectivity index (χ1) is 13.9. The van der Waals surface area contributed by atoms with E-state index in [0.29, 0.717) is 18.1 Å². The topological polar surface area (TPSA) is 94.3 Å². The molecule has 3 rings (SSSR count). The molecule has 0 amide bonds. The highest BCUT2D eigenvalue weighted by Gasteiger charge is 2.18. The SMILES string of the molecule is COc1cc(C)c(F)c(COc2cnc(Nc3cnn(C[C@H](C)O)c3)cn2)c1F. The maximum absolute atomic E-state index is 14.3. The molecule has 29 heavy (non-hydrogen) atoms. The molecule has 0 saturated heterocycles. The molecule has 0 saturated carbocycles. The van der Waals surface area contributed by atoms with Crippen molar-refractivity contribution in [1.29, 1.82) is 0 Å². The Bertz CT molecular complexity index is 977. The number of aromatic nitrogens is 4. The van der Waals surface area contributed by atoms with E-state index in [1.54, 1.807) is 24.0 Å². The lowest BCUT2D eigenvalue weighted by Gasteiger charge is -2.12. The van der Waals surface area contributed by atoms with Crippen LogP contribution in [-0.2, 0) is 13.2 Å². The third kappa shape index (κ3) is 4.96. The number of ether oxygens (including phenoxy) is 2. The summed E-state index contributed by atoms with van der Waals surface area (Å²) in [7, 11) is 1.31. The van der Waals surface area contributed by atoms with Crippen LogP contribution in [0.25, 0.3) is 0 Å². The summed E-state index contributed by atoms with van der Waals surface area (Å²) in [5.74, 6) is -1.01. The Kier molecular flexibility index (Phi) is 6.23. The van der Waals surface area contributed by atoms with Crippen LogP contribution in [0.5, 0.6) is 11.6 Å². The van der Waals surface area contributed by atoms with Crippen LogP contribution in [0.2, 0.25) is 0 Å². The number of nitrogens with one attached hydrogen (secondary N) is 1. The molecule has 0 spiro atoms. The molecule has 0 bridgehead atoms. The Hall–Kier alpha value is -3.27. The molecule has 0 unspecified atom stereocenters. The summed E-state index contributed by atoms with van der Waals surface area (Å²) in [6.45, 7) is 3.20. The molecule has 3 aromatic rings. The molecular weight excluding hydrogens is 384 g/mol. The summed E-state index contributed by atoms with van der Waals surface area (Å²) < 4.78 is 40.4. The van der Waals surface area contributed by atoms with E-state index >= 15 is 0 Å². The van der Waals surface area contributed by atoms with Gasteiger partial charge in [-0.05, 0) is 25.5 Å². The van der Waals surface area contributed by atoms with Crippen LogP contribution in [0, 0.1) is 18.6 Å². The van der Waals surface area contributed by atoms with E-state index < -0.39 is 17.7 Å². The number of anilines is 2. The highest BCUT2D eigenvalue weighted by atomic mass is 19.1. The van der Waals surface area contributed by atoms with Gasteiger partial charge in [0.2, 0.25) is 5.88 Å². The summed E-state index contributed by atoms with van der Waals surface area (Å²) in [4.78, 5) is 8.23. The van der Waals surface area contributed by atoms with Gasteiger partial charge in [-0.3, -0.25) is 4.68 Å². The number of halogens is 2. The quantitative estimate of drug-likeness (QED) is 0.595. The van der Waals surface area contributed by atoms with E-state index in [2.05, 4.69) is 20.4 Å². The average molecular weight is 405 g/mol. The summed E-state index contributed by atoms with van der Waals surface area (Å²) in [6.07, 6.45) is 5.55. The van der Waals surface area contributed by atoms with Gasteiger partial charge in [-0.1, -0.05) is 0 Å². The number of hydrogen-bond acceptors (Lipinski definition) is 7. The summed E-state index contributed by atoms with van der Waals surface area (Å²) in [5, 5.41) is 16.5. The standard InChI is InChI=1S/C19H21F2N5O3/c1-11-4-15(28-3)19(21)14(18(11)20)10-29-17-7-22-16(6-23-17)25-13-5-24-26(9-13)8-12(2)27/h4-7,9,12,27H,8,10H2,1-3H3,(H,22,25)/t12-/m0/s1. The van der Waals surface area contributed by atoms with Gasteiger partial charge in [0, 0.05) is 6.20 Å². The minimum absolute atomic E-state index is 0.0516. The minimum Gasteiger partial charge on any atom is -0.494 e. The molecule has 0 aliphatic carbocycles. The third-order valence-electron chi connectivity index (χ3n) is 4.01. The van der Waals surface area contributed by atoms with Crippen molar-refractivity contribution in [2.75, 3.05) is 12.4 Å². The molecule has 8 nitrogen and oxygen atoms in total. The molecule has 1 aromatic carbocycles. The van der Waals surface area contributed by atoms with Crippen LogP contribution >= 0.6 is 0 Å². The van der Waals surface area contributed by atoms with E-state index in [1.807, 2.05) is 0 Å². The minimum atomic E-state index is -0.809. The van der Waals surface area contributed by atoms with Crippen molar-refractivity contribution in [2.24, 2.45) is 0 Å². The van der Waals surface area contributed by atoms with Crippen LogP contribution in [0.15, 0.2) is 30.9 Å². The first-order valence-corrected chi connectivity index (χ1v) is 8.81. The second-order valence-corrected chi connectivity index (χ2v) is 6.46. The monoisotopic (exact) mass is 405 g/mol. The third-order valence-corrected chi connectivity index (χ3v) is 4.01. The highest BCUT2D eigenvalue weighted by Crippen LogP contribution is 2.27. The fraction of sp³-hybridized carbons (Fsp3) is 0.316. The first-order valence-electron chi connectivity index (χ1n) is 8.81. The molecule has 1 atom stereocenters. The van der Waals surface area contributed by atoms with Gasteiger partial charge in [0.05, 0.1) is 49.6 Å². The van der Waals surface area contributed by atoms with Gasteiger partial charge in [-0.2, -0.15) is 5.10 Å². The van der Waals surface area contributed by atoms with E-state index in [1.165, 1.54) is 32.5 Å². The maximum atomic E-state index is 14.3. The number of hydrogen-bond donors (Lipinski definition) is 2. The molecule has 0 aliphatic rings. The van der Waals surface area contributed by atoms with Crippen molar-refractivity contribution < 1.29 is 23.4 Å². The van der Waals surface area contributed by atoms with E-state index in [-0.39, 0.29) is 29.4 Å². The average Bonchev–Trinajstić information content (AvgIpc) is 3.12. The van der Waals surface area contributed by atoms with Gasteiger partial charge < -0.3 is 19.9 Å². The number of benzene rings is 1. The largest absolute Gasteiger partial charge is 0.494 e. The van der Waals surface area contributed by atoms with Gasteiger partial charge in [0.25, 0.3) is 0 Å². The van der Waals surface area contributed by atoms with Crippen molar-refractivity contribution in [1.82, 2.24) is 19.7 Å². The normalized spacial score (nSPS) is 11.9. The number of aliphatic hydroxyl groups is 1. The second-order valence-electron chi connectivity index (χ2n) is 6.46. The van der Waals surface area contributed by atoms with Crippen molar-refractivity contribution in [3.8, 4) is 11.6 Å². The maximum Gasteiger partial charge on any atom is 0.232 e. The van der Waals surface area contributed by atoms with Crippen LogP contribution < -0.4 is 14.8 Å². The number of aliphatic hydroxyl groups excluding tert-OH is 1. The molecule has 10 heteroatoms. The van der Waals surface area contributed by atoms with E-state index in [4.69, 9.17) is 9.47 Å². The molecular formula is C19H21F2N5O3. The Morgan fingerprint density at radius 3 is 2.66 bits per heavy atom. The Labute approximate surface area is 166 Å². The lowest BCUT2D eigenvalue weighted by molar-refractivity contribution is 0.168. The smallest absolute Gasteiger partial charge is 0.232 e. The van der Waals surface area contributed by atoms with Gasteiger partial charge in [-0.15, -0.1) is 0 Å². The Balaban J connectivity index is 1.64. The molecule has 2 heterocycles. The Morgan fingerprint density at radius 1 is 1.21 bits per heavy atom. The van der Waals surface area contributed by atoms with Crippen molar-refractivity contribution in [3.05, 3.63) is 53.6 Å². The zero-order chi connectivity index (χ0) is 21.0. The first kappa shape index (κ1) is 20.5. The highest BCUT2D eigenvalue weighted by molar-refractivity contribution is 5.52. The zero-order valence-corrected chi connectivity index (χ0v) is 16.2. The van der Waals surface area contributed by atoms with Crippen molar-refractivity contribution >= 4 is 11.5 Å². The van der Waals surface area contributed by atoms with Gasteiger partial charge in [-0.25, -0.2) is 18.7 Å². The lowest BCUT2D eigenvalue weighted by Crippen LogP contribution is -2.11. The molecule has 2 N–H and O–H groups in total. The number of rotatable bonds is 8. The van der Waals surface area contributed by atoms with Crippen LogP contribution in [-0.4, -0.2) is 38.1 Å². The van der Waals surface area contributed by atoms with Crippen molar-refractivity contribution in [2.45, 2.75) is 33.1 Å².